The molecular weight excluding hydrogens is 517 g/mol. The minimum atomic E-state index is -7.92. The van der Waals surface area contributed by atoms with Gasteiger partial charge in [0.05, 0.1) is 13.0 Å². The Morgan fingerprint density at radius 3 is 1.37 bits per heavy atom. The molecule has 0 saturated heterocycles. The highest BCUT2D eigenvalue weighted by atomic mass is 19.4. The fraction of sp³-hybridized carbons (Fsp3) is 0.700. The van der Waals surface area contributed by atoms with E-state index < -0.39 is 48.8 Å². The number of nitrogen functional groups attached to an aromatic ring is 1. The van der Waals surface area contributed by atoms with Gasteiger partial charge in [-0.2, -0.15) is 57.1 Å². The van der Waals surface area contributed by atoms with E-state index in [1.807, 2.05) is 0 Å². The Kier molecular flexibility index (Phi) is 8.32. The first-order valence-corrected chi connectivity index (χ1v) is 9.88. The molecule has 204 valence electrons. The summed E-state index contributed by atoms with van der Waals surface area (Å²) in [6.45, 7) is 4.93. The average Bonchev–Trinajstić information content (AvgIpc) is 2.66. The molecule has 2 nitrogen and oxygen atoms in total. The number of hydrogen-bond acceptors (Lipinski definition) is 2. The van der Waals surface area contributed by atoms with E-state index in [2.05, 4.69) is 0 Å². The highest BCUT2D eigenvalue weighted by Crippen LogP contribution is 2.60. The Labute approximate surface area is 191 Å². The van der Waals surface area contributed by atoms with Crippen LogP contribution in [0.15, 0.2) is 12.1 Å². The van der Waals surface area contributed by atoms with E-state index in [9.17, 15) is 57.1 Å². The van der Waals surface area contributed by atoms with Gasteiger partial charge < -0.3 is 10.5 Å². The van der Waals surface area contributed by atoms with Crippen LogP contribution in [-0.4, -0.2) is 42.4 Å². The molecule has 0 heterocycles. The van der Waals surface area contributed by atoms with Gasteiger partial charge in [0.25, 0.3) is 0 Å². The number of alkyl halides is 13. The van der Waals surface area contributed by atoms with Crippen LogP contribution in [0, 0.1) is 0 Å². The van der Waals surface area contributed by atoms with E-state index in [0.29, 0.717) is 11.1 Å². The number of halogens is 13. The van der Waals surface area contributed by atoms with Gasteiger partial charge in [0.1, 0.15) is 5.75 Å². The second-order valence-corrected chi connectivity index (χ2v) is 8.44. The summed E-state index contributed by atoms with van der Waals surface area (Å²) in [6, 6.07) is 2.71. The molecule has 0 saturated carbocycles. The number of ether oxygens (including phenoxy) is 1. The second-order valence-electron chi connectivity index (χ2n) is 8.44. The third kappa shape index (κ3) is 5.23. The van der Waals surface area contributed by atoms with Gasteiger partial charge in [0.2, 0.25) is 0 Å². The van der Waals surface area contributed by atoms with Crippen LogP contribution in [0.1, 0.15) is 57.1 Å². The van der Waals surface area contributed by atoms with Gasteiger partial charge in [0, 0.05) is 5.69 Å². The van der Waals surface area contributed by atoms with Crippen LogP contribution < -0.4 is 10.5 Å². The molecule has 0 spiro atoms. The van der Waals surface area contributed by atoms with Crippen LogP contribution in [0.2, 0.25) is 0 Å². The van der Waals surface area contributed by atoms with Crippen LogP contribution in [0.4, 0.5) is 62.8 Å². The van der Waals surface area contributed by atoms with Crippen LogP contribution in [0.25, 0.3) is 0 Å². The Hall–Kier alpha value is -2.09. The van der Waals surface area contributed by atoms with Crippen molar-refractivity contribution >= 4 is 5.69 Å². The lowest BCUT2D eigenvalue weighted by Crippen LogP contribution is -2.70. The third-order valence-corrected chi connectivity index (χ3v) is 5.07. The number of benzene rings is 1. The molecule has 2 N–H and O–H groups in total. The third-order valence-electron chi connectivity index (χ3n) is 5.07. The van der Waals surface area contributed by atoms with Crippen molar-refractivity contribution in [3.63, 3.8) is 0 Å². The predicted octanol–water partition coefficient (Wildman–Crippen LogP) is 8.02. The molecule has 15 heteroatoms. The Balaban J connectivity index is 3.32. The molecule has 1 rings (SSSR count). The lowest BCUT2D eigenvalue weighted by molar-refractivity contribution is -0.440. The highest BCUT2D eigenvalue weighted by molar-refractivity contribution is 5.55. The molecule has 0 bridgehead atoms. The molecule has 0 aliphatic carbocycles. The zero-order valence-electron chi connectivity index (χ0n) is 18.6. The van der Waals surface area contributed by atoms with Gasteiger partial charge in [-0.15, -0.1) is 0 Å². The highest BCUT2D eigenvalue weighted by Gasteiger charge is 2.90. The van der Waals surface area contributed by atoms with E-state index in [1.165, 1.54) is 12.1 Å². The summed E-state index contributed by atoms with van der Waals surface area (Å²) in [5.41, 5.74) is 6.55. The Morgan fingerprint density at radius 2 is 1.03 bits per heavy atom. The van der Waals surface area contributed by atoms with Gasteiger partial charge in [0.15, 0.2) is 0 Å². The smallest absolute Gasteiger partial charge is 0.460 e. The van der Waals surface area contributed by atoms with Crippen molar-refractivity contribution in [3.8, 4) is 5.75 Å². The molecule has 35 heavy (non-hydrogen) atoms. The monoisotopic (exact) mass is 539 g/mol. The van der Waals surface area contributed by atoms with Crippen molar-refractivity contribution in [2.75, 3.05) is 12.3 Å². The Morgan fingerprint density at radius 1 is 0.657 bits per heavy atom. The molecule has 0 atom stereocenters. The SMILES string of the molecule is CC(C)c1cc(N)cc(C(C)C)c1OCCC(F)(F)C(F)(F)C(F)(F)C(F)(F)C(F)(F)C(F)(F)F. The summed E-state index contributed by atoms with van der Waals surface area (Å²) in [5, 5.41) is 0. The molecule has 0 fully saturated rings. The standard InChI is InChI=1S/C20H22F13NO/c1-9(2)12-7-11(34)8-13(10(3)4)14(12)35-6-5-15(21,22)16(23,24)17(25,26)18(27,28)19(29,30)20(31,32)33/h7-10H,5-6,34H2,1-4H3. The maximum Gasteiger partial charge on any atom is 0.460 e. The zero-order chi connectivity index (χ0) is 28.0. The lowest BCUT2D eigenvalue weighted by atomic mass is 9.92. The van der Waals surface area contributed by atoms with E-state index in [4.69, 9.17) is 10.5 Å². The van der Waals surface area contributed by atoms with Gasteiger partial charge in [-0.1, -0.05) is 27.7 Å². The fourth-order valence-electron chi connectivity index (χ4n) is 2.96. The van der Waals surface area contributed by atoms with Gasteiger partial charge in [-0.05, 0) is 35.1 Å². The van der Waals surface area contributed by atoms with E-state index >= 15 is 0 Å². The molecule has 0 aliphatic rings. The van der Waals surface area contributed by atoms with E-state index in [1.54, 1.807) is 27.7 Å². The van der Waals surface area contributed by atoms with Crippen LogP contribution in [0.5, 0.6) is 5.75 Å². The molecule has 0 aromatic heterocycles. The molecule has 1 aromatic rings. The number of rotatable bonds is 10. The summed E-state index contributed by atoms with van der Waals surface area (Å²) in [6.07, 6.45) is -9.87. The van der Waals surface area contributed by atoms with Crippen LogP contribution in [-0.2, 0) is 0 Å². The minimum Gasteiger partial charge on any atom is -0.493 e. The minimum absolute atomic E-state index is 0.135. The first-order chi connectivity index (χ1) is 15.4. The molecule has 0 aliphatic heterocycles. The topological polar surface area (TPSA) is 35.2 Å². The van der Waals surface area contributed by atoms with Crippen molar-refractivity contribution in [2.45, 2.75) is 81.7 Å². The van der Waals surface area contributed by atoms with Crippen molar-refractivity contribution in [1.82, 2.24) is 0 Å². The molecule has 0 amide bonds. The van der Waals surface area contributed by atoms with Crippen molar-refractivity contribution in [2.24, 2.45) is 0 Å². The number of hydrogen-bond donors (Lipinski definition) is 1. The first kappa shape index (κ1) is 30.9. The van der Waals surface area contributed by atoms with Crippen LogP contribution >= 0.6 is 0 Å². The largest absolute Gasteiger partial charge is 0.493 e. The predicted molar refractivity (Wildman–Crippen MR) is 99.9 cm³/mol. The summed E-state index contributed by atoms with van der Waals surface area (Å²) >= 11 is 0. The molecule has 1 aromatic carbocycles. The van der Waals surface area contributed by atoms with Gasteiger partial charge in [-0.25, -0.2) is 0 Å². The van der Waals surface area contributed by atoms with E-state index in [0.717, 1.165) is 0 Å². The lowest BCUT2D eigenvalue weighted by Gasteiger charge is -2.39. The quantitative estimate of drug-likeness (QED) is 0.242. The molecule has 0 unspecified atom stereocenters. The number of anilines is 1. The Bertz CT molecular complexity index is 862. The van der Waals surface area contributed by atoms with Crippen molar-refractivity contribution < 1.29 is 61.8 Å². The van der Waals surface area contributed by atoms with Gasteiger partial charge in [-0.3, -0.25) is 0 Å². The fourth-order valence-corrected chi connectivity index (χ4v) is 2.96. The molecular formula is C20H22F13NO. The van der Waals surface area contributed by atoms with E-state index in [-0.39, 0.29) is 23.3 Å². The average molecular weight is 539 g/mol. The summed E-state index contributed by atoms with van der Waals surface area (Å²) < 4.78 is 177. The number of nitrogens with two attached hydrogens (primary N) is 1. The zero-order valence-corrected chi connectivity index (χ0v) is 18.6. The maximum atomic E-state index is 14.0. The summed E-state index contributed by atoms with van der Waals surface area (Å²) in [7, 11) is 0. The maximum absolute atomic E-state index is 14.0. The van der Waals surface area contributed by atoms with Crippen LogP contribution in [0.3, 0.4) is 0 Å². The first-order valence-electron chi connectivity index (χ1n) is 9.88. The van der Waals surface area contributed by atoms with Gasteiger partial charge >= 0.3 is 35.8 Å². The summed E-state index contributed by atoms with van der Waals surface area (Å²) in [4.78, 5) is 0. The summed E-state index contributed by atoms with van der Waals surface area (Å²) in [5.74, 6) is -37.9. The van der Waals surface area contributed by atoms with Crippen molar-refractivity contribution in [1.29, 1.82) is 0 Å². The second kappa shape index (κ2) is 9.41. The molecule has 0 radical (unpaired) electrons. The normalized spacial score (nSPS) is 14.7. The van der Waals surface area contributed by atoms with Crippen molar-refractivity contribution in [3.05, 3.63) is 23.3 Å².